The van der Waals surface area contributed by atoms with Gasteiger partial charge in [-0.3, -0.25) is 0 Å². The Balaban J connectivity index is 3.31. The van der Waals surface area contributed by atoms with Crippen molar-refractivity contribution in [1.82, 2.24) is 0 Å². The minimum Gasteiger partial charge on any atom is -0.316 e. The normalized spacial score (nSPS) is 12.5. The van der Waals surface area contributed by atoms with Gasteiger partial charge in [0.05, 0.1) is 6.17 Å². The molecule has 0 heterocycles. The van der Waals surface area contributed by atoms with Crippen LogP contribution in [0.5, 0.6) is 0 Å². The van der Waals surface area contributed by atoms with E-state index in [1.807, 2.05) is 0 Å². The standard InChI is InChI=1S/C10H24N2/c1-4-10(2,3)8-6-5-7-9(11)12/h9H,4-8,11-12H2,1-3H3. The molecule has 2 heteroatoms. The molecular weight excluding hydrogens is 148 g/mol. The van der Waals surface area contributed by atoms with E-state index in [0.717, 1.165) is 6.42 Å². The van der Waals surface area contributed by atoms with E-state index in [-0.39, 0.29) is 6.17 Å². The Kier molecular flexibility index (Phi) is 5.51. The molecule has 0 bridgehead atoms. The third kappa shape index (κ3) is 6.62. The number of hydrogen-bond donors (Lipinski definition) is 2. The molecule has 0 rings (SSSR count). The Labute approximate surface area is 76.7 Å². The minimum atomic E-state index is -0.116. The summed E-state index contributed by atoms with van der Waals surface area (Å²) in [7, 11) is 0. The highest BCUT2D eigenvalue weighted by atomic mass is 14.8. The number of hydrogen-bond acceptors (Lipinski definition) is 2. The SMILES string of the molecule is CCC(C)(C)CCCCC(N)N. The molecule has 0 saturated heterocycles. The van der Waals surface area contributed by atoms with Gasteiger partial charge in [-0.15, -0.1) is 0 Å². The highest BCUT2D eigenvalue weighted by molar-refractivity contribution is 4.66. The first-order valence-electron chi connectivity index (χ1n) is 4.99. The van der Waals surface area contributed by atoms with Crippen LogP contribution < -0.4 is 11.5 Å². The third-order valence-corrected chi connectivity index (χ3v) is 2.60. The zero-order valence-electron chi connectivity index (χ0n) is 8.77. The Morgan fingerprint density at radius 1 is 1.17 bits per heavy atom. The molecule has 12 heavy (non-hydrogen) atoms. The molecule has 0 aromatic heterocycles. The van der Waals surface area contributed by atoms with E-state index in [9.17, 15) is 0 Å². The van der Waals surface area contributed by atoms with Crippen molar-refractivity contribution < 1.29 is 0 Å². The summed E-state index contributed by atoms with van der Waals surface area (Å²) in [4.78, 5) is 0. The van der Waals surface area contributed by atoms with Crippen LogP contribution in [0.4, 0.5) is 0 Å². The lowest BCUT2D eigenvalue weighted by Gasteiger charge is -2.22. The molecule has 0 saturated carbocycles. The van der Waals surface area contributed by atoms with Crippen molar-refractivity contribution in [3.8, 4) is 0 Å². The van der Waals surface area contributed by atoms with Crippen molar-refractivity contribution >= 4 is 0 Å². The molecule has 0 unspecified atom stereocenters. The first-order chi connectivity index (χ1) is 5.48. The number of unbranched alkanes of at least 4 members (excludes halogenated alkanes) is 1. The smallest absolute Gasteiger partial charge is 0.0520 e. The molecule has 0 amide bonds. The molecule has 0 aliphatic rings. The second-order valence-corrected chi connectivity index (χ2v) is 4.43. The van der Waals surface area contributed by atoms with E-state index in [2.05, 4.69) is 20.8 Å². The maximum atomic E-state index is 5.45. The molecule has 0 spiro atoms. The predicted octanol–water partition coefficient (Wildman–Crippen LogP) is 2.23. The van der Waals surface area contributed by atoms with E-state index in [1.54, 1.807) is 0 Å². The van der Waals surface area contributed by atoms with E-state index < -0.39 is 0 Å². The quantitative estimate of drug-likeness (QED) is 0.477. The third-order valence-electron chi connectivity index (χ3n) is 2.60. The van der Waals surface area contributed by atoms with Crippen LogP contribution in [0, 0.1) is 5.41 Å². The van der Waals surface area contributed by atoms with Crippen LogP contribution in [-0.2, 0) is 0 Å². The van der Waals surface area contributed by atoms with E-state index in [4.69, 9.17) is 11.5 Å². The van der Waals surface area contributed by atoms with Gasteiger partial charge in [-0.1, -0.05) is 40.0 Å². The van der Waals surface area contributed by atoms with E-state index in [0.29, 0.717) is 5.41 Å². The summed E-state index contributed by atoms with van der Waals surface area (Å²) >= 11 is 0. The van der Waals surface area contributed by atoms with Gasteiger partial charge in [0.15, 0.2) is 0 Å². The number of rotatable bonds is 6. The molecule has 74 valence electrons. The average Bonchev–Trinajstić information content (AvgIpc) is 1.98. The van der Waals surface area contributed by atoms with Crippen LogP contribution in [0.25, 0.3) is 0 Å². The van der Waals surface area contributed by atoms with Crippen molar-refractivity contribution in [2.75, 3.05) is 0 Å². The highest BCUT2D eigenvalue weighted by Gasteiger charge is 2.13. The second-order valence-electron chi connectivity index (χ2n) is 4.43. The van der Waals surface area contributed by atoms with Gasteiger partial charge in [0.2, 0.25) is 0 Å². The van der Waals surface area contributed by atoms with E-state index >= 15 is 0 Å². The van der Waals surface area contributed by atoms with Crippen molar-refractivity contribution in [3.63, 3.8) is 0 Å². The van der Waals surface area contributed by atoms with Crippen LogP contribution >= 0.6 is 0 Å². The summed E-state index contributed by atoms with van der Waals surface area (Å²) < 4.78 is 0. The Morgan fingerprint density at radius 2 is 1.75 bits per heavy atom. The monoisotopic (exact) mass is 172 g/mol. The molecule has 0 aliphatic carbocycles. The first kappa shape index (κ1) is 11.9. The van der Waals surface area contributed by atoms with E-state index in [1.165, 1.54) is 25.7 Å². The summed E-state index contributed by atoms with van der Waals surface area (Å²) in [6.45, 7) is 6.87. The van der Waals surface area contributed by atoms with Crippen molar-refractivity contribution in [2.45, 2.75) is 59.0 Å². The fourth-order valence-electron chi connectivity index (χ4n) is 1.16. The van der Waals surface area contributed by atoms with Crippen LogP contribution in [0.3, 0.4) is 0 Å². The topological polar surface area (TPSA) is 52.0 Å². The Bertz CT molecular complexity index is 108. The largest absolute Gasteiger partial charge is 0.316 e. The van der Waals surface area contributed by atoms with Crippen molar-refractivity contribution in [1.29, 1.82) is 0 Å². The van der Waals surface area contributed by atoms with Crippen molar-refractivity contribution in [3.05, 3.63) is 0 Å². The summed E-state index contributed by atoms with van der Waals surface area (Å²) in [6.07, 6.45) is 5.81. The van der Waals surface area contributed by atoms with Gasteiger partial charge in [-0.25, -0.2) is 0 Å². The molecule has 0 aromatic rings. The molecule has 0 aromatic carbocycles. The van der Waals surface area contributed by atoms with Crippen LogP contribution in [0.15, 0.2) is 0 Å². The molecule has 0 atom stereocenters. The molecular formula is C10H24N2. The lowest BCUT2D eigenvalue weighted by Crippen LogP contribution is -2.30. The fourth-order valence-corrected chi connectivity index (χ4v) is 1.16. The van der Waals surface area contributed by atoms with Crippen molar-refractivity contribution in [2.24, 2.45) is 16.9 Å². The van der Waals surface area contributed by atoms with Gasteiger partial charge >= 0.3 is 0 Å². The fraction of sp³-hybridized carbons (Fsp3) is 1.00. The number of nitrogens with two attached hydrogens (primary N) is 2. The molecule has 0 radical (unpaired) electrons. The maximum Gasteiger partial charge on any atom is 0.0520 e. The lowest BCUT2D eigenvalue weighted by molar-refractivity contribution is 0.306. The van der Waals surface area contributed by atoms with Gasteiger partial charge in [-0.05, 0) is 18.3 Å². The zero-order valence-corrected chi connectivity index (χ0v) is 8.77. The van der Waals surface area contributed by atoms with Crippen LogP contribution in [0.2, 0.25) is 0 Å². The van der Waals surface area contributed by atoms with Gasteiger partial charge in [-0.2, -0.15) is 0 Å². The summed E-state index contributed by atoms with van der Waals surface area (Å²) in [5.41, 5.74) is 11.4. The lowest BCUT2D eigenvalue weighted by atomic mass is 9.84. The van der Waals surface area contributed by atoms with Crippen LogP contribution in [-0.4, -0.2) is 6.17 Å². The first-order valence-corrected chi connectivity index (χ1v) is 4.99. The van der Waals surface area contributed by atoms with Gasteiger partial charge < -0.3 is 11.5 Å². The Morgan fingerprint density at radius 3 is 2.17 bits per heavy atom. The zero-order chi connectivity index (χ0) is 9.61. The predicted molar refractivity (Wildman–Crippen MR) is 54.7 cm³/mol. The molecule has 0 aliphatic heterocycles. The second kappa shape index (κ2) is 5.55. The minimum absolute atomic E-state index is 0.116. The molecule has 4 N–H and O–H groups in total. The maximum absolute atomic E-state index is 5.45. The van der Waals surface area contributed by atoms with Gasteiger partial charge in [0, 0.05) is 0 Å². The summed E-state index contributed by atoms with van der Waals surface area (Å²) in [6, 6.07) is 0. The van der Waals surface area contributed by atoms with Crippen LogP contribution in [0.1, 0.15) is 52.9 Å². The summed E-state index contributed by atoms with van der Waals surface area (Å²) in [5.74, 6) is 0. The Hall–Kier alpha value is -0.0800. The summed E-state index contributed by atoms with van der Waals surface area (Å²) in [5, 5.41) is 0. The van der Waals surface area contributed by atoms with Gasteiger partial charge in [0.25, 0.3) is 0 Å². The molecule has 0 fully saturated rings. The average molecular weight is 172 g/mol. The highest BCUT2D eigenvalue weighted by Crippen LogP contribution is 2.26. The molecule has 2 nitrogen and oxygen atoms in total. The van der Waals surface area contributed by atoms with Gasteiger partial charge in [0.1, 0.15) is 0 Å².